The quantitative estimate of drug-likeness (QED) is 0.0261. The molecule has 0 heterocycles. The van der Waals surface area contributed by atoms with Crippen LogP contribution in [0.4, 0.5) is 0 Å². The van der Waals surface area contributed by atoms with E-state index in [2.05, 4.69) is 227 Å². The molecule has 0 rings (SSSR count). The summed E-state index contributed by atoms with van der Waals surface area (Å²) in [5, 5.41) is 0. The fourth-order valence-electron chi connectivity index (χ4n) is 7.31. The second kappa shape index (κ2) is 64.5. The van der Waals surface area contributed by atoms with Crippen LogP contribution >= 0.6 is 0 Å². The second-order valence-corrected chi connectivity index (χ2v) is 19.1. The van der Waals surface area contributed by atoms with Crippen molar-refractivity contribution in [1.29, 1.82) is 0 Å². The summed E-state index contributed by atoms with van der Waals surface area (Å²) in [5.74, 6) is -1.08. The number of rotatable bonds is 52. The SMILES string of the molecule is CC/C=C\C/C=C\C/C=C\C/C=C\C/C=C\C/C=C\C/C=C\CCCCCC(=O)OCC(COC(=O)CCC/C=C\C/C=C\C/C=C\C/C=C\C/C=C\CC)OC(=O)CCCCC/C=C\C/C=C\C/C=C\C/C=C\C/C=C\CC. The minimum absolute atomic E-state index is 0.140. The molecule has 1 unspecified atom stereocenters. The summed E-state index contributed by atoms with van der Waals surface area (Å²) in [5.41, 5.74) is 0. The van der Waals surface area contributed by atoms with E-state index in [0.29, 0.717) is 12.8 Å². The zero-order valence-corrected chi connectivity index (χ0v) is 49.8. The van der Waals surface area contributed by atoms with E-state index >= 15 is 0 Å². The van der Waals surface area contributed by atoms with Crippen LogP contribution < -0.4 is 0 Å². The monoisotopic (exact) mass is 1080 g/mol. The summed E-state index contributed by atoms with van der Waals surface area (Å²) >= 11 is 0. The van der Waals surface area contributed by atoms with E-state index in [4.69, 9.17) is 14.2 Å². The third-order valence-corrected chi connectivity index (χ3v) is 11.8. The Kier molecular flexibility index (Phi) is 59.6. The fraction of sp³-hybridized carbons (Fsp3) is 0.493. The number of hydrogen-bond donors (Lipinski definition) is 0. The first-order chi connectivity index (χ1) is 39.0. The Morgan fingerprint density at radius 1 is 0.253 bits per heavy atom. The van der Waals surface area contributed by atoms with E-state index in [1.807, 2.05) is 0 Å². The second-order valence-electron chi connectivity index (χ2n) is 19.1. The topological polar surface area (TPSA) is 78.9 Å². The Morgan fingerprint density at radius 2 is 0.468 bits per heavy atom. The average Bonchev–Trinajstić information content (AvgIpc) is 3.45. The molecule has 0 aliphatic heterocycles. The van der Waals surface area contributed by atoms with Crippen molar-refractivity contribution in [2.45, 2.75) is 219 Å². The fourth-order valence-corrected chi connectivity index (χ4v) is 7.31. The van der Waals surface area contributed by atoms with Crippen molar-refractivity contribution in [1.82, 2.24) is 0 Å². The highest BCUT2D eigenvalue weighted by Gasteiger charge is 2.19. The molecule has 0 saturated heterocycles. The number of ether oxygens (including phenoxy) is 3. The van der Waals surface area contributed by atoms with Gasteiger partial charge in [0.1, 0.15) is 13.2 Å². The van der Waals surface area contributed by atoms with Crippen LogP contribution in [-0.2, 0) is 28.6 Å². The van der Waals surface area contributed by atoms with Crippen molar-refractivity contribution in [3.8, 4) is 0 Å². The van der Waals surface area contributed by atoms with Gasteiger partial charge in [0.05, 0.1) is 0 Å². The molecule has 0 aromatic heterocycles. The number of esters is 3. The number of carbonyl (C=O) groups excluding carboxylic acids is 3. The Hall–Kier alpha value is -6.01. The summed E-state index contributed by atoms with van der Waals surface area (Å²) in [4.78, 5) is 38.3. The first-order valence-electron chi connectivity index (χ1n) is 30.6. The molecule has 0 N–H and O–H groups in total. The van der Waals surface area contributed by atoms with Crippen molar-refractivity contribution in [3.63, 3.8) is 0 Å². The molecular weight excluding hydrogens is 973 g/mol. The van der Waals surface area contributed by atoms with Crippen LogP contribution in [0.2, 0.25) is 0 Å². The van der Waals surface area contributed by atoms with E-state index in [-0.39, 0.29) is 50.4 Å². The first-order valence-corrected chi connectivity index (χ1v) is 30.6. The third-order valence-electron chi connectivity index (χ3n) is 11.8. The largest absolute Gasteiger partial charge is 0.462 e. The standard InChI is InChI=1S/C73H108O6/c1-4-7-10-13-16-19-22-25-28-31-33-34-35-36-37-38-40-42-45-48-51-54-57-60-63-66-72(75)78-69-70(68-77-71(74)65-62-59-56-53-50-47-44-41-30-27-24-21-18-15-12-9-6-3)79-73(76)67-64-61-58-55-52-49-46-43-39-32-29-26-23-20-17-14-11-8-5-2/h7-12,16-21,25-30,33-34,36-37,39-40,42-44,47-49,51-53,56,70H,4-6,13-15,22-24,31-32,35,38,41,45-46,50,54-55,57-69H2,1-3H3/b10-7-,11-8-,12-9-,19-16-,20-17-,21-18-,28-25-,29-26-,30-27-,34-33-,37-36-,42-40-,43-39-,47-44-,51-48-,52-49-,56-53-. The molecule has 0 fully saturated rings. The maximum Gasteiger partial charge on any atom is 0.306 e. The molecule has 0 aromatic rings. The van der Waals surface area contributed by atoms with E-state index in [1.54, 1.807) is 0 Å². The lowest BCUT2D eigenvalue weighted by molar-refractivity contribution is -0.167. The first kappa shape index (κ1) is 73.0. The number of hydrogen-bond acceptors (Lipinski definition) is 6. The molecule has 0 aromatic carbocycles. The molecular formula is C73H108O6. The average molecular weight is 1080 g/mol. The lowest BCUT2D eigenvalue weighted by Gasteiger charge is -2.18. The van der Waals surface area contributed by atoms with Crippen molar-refractivity contribution < 1.29 is 28.6 Å². The van der Waals surface area contributed by atoms with Gasteiger partial charge in [-0.3, -0.25) is 14.4 Å². The molecule has 0 bridgehead atoms. The normalized spacial score (nSPS) is 13.6. The summed E-state index contributed by atoms with van der Waals surface area (Å²) in [6.07, 6.45) is 99.7. The number of unbranched alkanes of at least 4 members (excludes halogenated alkanes) is 7. The summed E-state index contributed by atoms with van der Waals surface area (Å²) in [6.45, 7) is 6.17. The Labute approximate surface area is 483 Å². The summed E-state index contributed by atoms with van der Waals surface area (Å²) < 4.78 is 16.8. The van der Waals surface area contributed by atoms with Gasteiger partial charge in [0.15, 0.2) is 6.10 Å². The van der Waals surface area contributed by atoms with Gasteiger partial charge in [-0.25, -0.2) is 0 Å². The van der Waals surface area contributed by atoms with Crippen LogP contribution in [0.5, 0.6) is 0 Å². The summed E-state index contributed by atoms with van der Waals surface area (Å²) in [7, 11) is 0. The highest BCUT2D eigenvalue weighted by molar-refractivity contribution is 5.71. The van der Waals surface area contributed by atoms with Crippen LogP contribution in [0.3, 0.4) is 0 Å². The van der Waals surface area contributed by atoms with Gasteiger partial charge in [0.25, 0.3) is 0 Å². The highest BCUT2D eigenvalue weighted by Crippen LogP contribution is 2.11. The van der Waals surface area contributed by atoms with Crippen LogP contribution in [0, 0.1) is 0 Å². The van der Waals surface area contributed by atoms with Gasteiger partial charge in [-0.05, 0) is 161 Å². The van der Waals surface area contributed by atoms with E-state index in [0.717, 1.165) is 161 Å². The van der Waals surface area contributed by atoms with Crippen molar-refractivity contribution in [2.24, 2.45) is 0 Å². The zero-order chi connectivity index (χ0) is 57.1. The molecule has 436 valence electrons. The van der Waals surface area contributed by atoms with E-state index in [1.165, 1.54) is 0 Å². The van der Waals surface area contributed by atoms with Gasteiger partial charge in [-0.15, -0.1) is 0 Å². The molecule has 0 aliphatic rings. The molecule has 0 spiro atoms. The maximum absolute atomic E-state index is 12.9. The van der Waals surface area contributed by atoms with Crippen molar-refractivity contribution >= 4 is 17.9 Å². The van der Waals surface area contributed by atoms with Gasteiger partial charge in [-0.2, -0.15) is 0 Å². The van der Waals surface area contributed by atoms with E-state index < -0.39 is 6.10 Å². The van der Waals surface area contributed by atoms with Crippen LogP contribution in [0.15, 0.2) is 207 Å². The highest BCUT2D eigenvalue weighted by atomic mass is 16.6. The van der Waals surface area contributed by atoms with E-state index in [9.17, 15) is 14.4 Å². The van der Waals surface area contributed by atoms with Crippen LogP contribution in [0.1, 0.15) is 213 Å². The molecule has 0 saturated carbocycles. The smallest absolute Gasteiger partial charge is 0.306 e. The van der Waals surface area contributed by atoms with Crippen LogP contribution in [-0.4, -0.2) is 37.2 Å². The molecule has 6 nitrogen and oxygen atoms in total. The van der Waals surface area contributed by atoms with Gasteiger partial charge < -0.3 is 14.2 Å². The predicted molar refractivity (Wildman–Crippen MR) is 343 cm³/mol. The minimum atomic E-state index is -0.848. The van der Waals surface area contributed by atoms with Gasteiger partial charge in [0.2, 0.25) is 0 Å². The maximum atomic E-state index is 12.9. The predicted octanol–water partition coefficient (Wildman–Crippen LogP) is 21.2. The molecule has 0 aliphatic carbocycles. The molecule has 6 heteroatoms. The Morgan fingerprint density at radius 3 is 0.734 bits per heavy atom. The van der Waals surface area contributed by atoms with Crippen molar-refractivity contribution in [2.75, 3.05) is 13.2 Å². The van der Waals surface area contributed by atoms with Crippen molar-refractivity contribution in [3.05, 3.63) is 207 Å². The van der Waals surface area contributed by atoms with Gasteiger partial charge >= 0.3 is 17.9 Å². The number of carbonyl (C=O) groups is 3. The molecule has 79 heavy (non-hydrogen) atoms. The summed E-state index contributed by atoms with van der Waals surface area (Å²) in [6, 6.07) is 0. The zero-order valence-electron chi connectivity index (χ0n) is 49.8. The van der Waals surface area contributed by atoms with Gasteiger partial charge in [-0.1, -0.05) is 240 Å². The molecule has 0 amide bonds. The Bertz CT molecular complexity index is 1960. The lowest BCUT2D eigenvalue weighted by Crippen LogP contribution is -2.30. The molecule has 0 radical (unpaired) electrons. The minimum Gasteiger partial charge on any atom is -0.462 e. The Balaban J connectivity index is 4.63. The molecule has 1 atom stereocenters. The number of allylic oxidation sites excluding steroid dienone is 34. The van der Waals surface area contributed by atoms with Crippen LogP contribution in [0.25, 0.3) is 0 Å². The lowest BCUT2D eigenvalue weighted by atomic mass is 10.1. The third kappa shape index (κ3) is 62.7. The van der Waals surface area contributed by atoms with Gasteiger partial charge in [0, 0.05) is 19.3 Å².